The molecule has 0 aliphatic heterocycles. The van der Waals surface area contributed by atoms with Gasteiger partial charge in [-0.2, -0.15) is 5.26 Å². The lowest BCUT2D eigenvalue weighted by molar-refractivity contribution is 0.227. The summed E-state index contributed by atoms with van der Waals surface area (Å²) in [5.74, 6) is 0.747. The third kappa shape index (κ3) is 3.03. The Morgan fingerprint density at radius 2 is 1.67 bits per heavy atom. The first-order valence-electron chi connectivity index (χ1n) is 5.61. The Labute approximate surface area is 111 Å². The van der Waals surface area contributed by atoms with Gasteiger partial charge in [-0.1, -0.05) is 23.7 Å². The molecule has 0 aliphatic carbocycles. The molecule has 1 unspecified atom stereocenters. The zero-order valence-corrected chi connectivity index (χ0v) is 10.7. The molecular formula is C15H12ClNO. The molecule has 0 saturated carbocycles. The largest absolute Gasteiger partial charge is 0.486 e. The predicted octanol–water partition coefficient (Wildman–Crippen LogP) is 4.35. The van der Waals surface area contributed by atoms with Crippen molar-refractivity contribution in [3.63, 3.8) is 0 Å². The first-order valence-corrected chi connectivity index (χ1v) is 5.99. The standard InChI is InChI=1S/C15H12ClNO/c1-11(13-4-6-14(16)7-5-13)18-15-8-2-12(10-17)3-9-15/h2-9,11H,1H3. The van der Waals surface area contributed by atoms with Crippen molar-refractivity contribution in [2.24, 2.45) is 0 Å². The summed E-state index contributed by atoms with van der Waals surface area (Å²) in [6, 6.07) is 16.7. The van der Waals surface area contributed by atoms with Crippen LogP contribution in [0.5, 0.6) is 5.75 Å². The van der Waals surface area contributed by atoms with Crippen molar-refractivity contribution in [2.75, 3.05) is 0 Å². The molecule has 0 aromatic heterocycles. The summed E-state index contributed by atoms with van der Waals surface area (Å²) in [6.07, 6.45) is -0.0600. The number of nitriles is 1. The average Bonchev–Trinajstić information content (AvgIpc) is 2.40. The number of rotatable bonds is 3. The van der Waals surface area contributed by atoms with Crippen molar-refractivity contribution < 1.29 is 4.74 Å². The van der Waals surface area contributed by atoms with E-state index in [9.17, 15) is 0 Å². The summed E-state index contributed by atoms with van der Waals surface area (Å²) in [4.78, 5) is 0. The van der Waals surface area contributed by atoms with Gasteiger partial charge in [-0.25, -0.2) is 0 Å². The van der Waals surface area contributed by atoms with E-state index in [-0.39, 0.29) is 6.10 Å². The minimum Gasteiger partial charge on any atom is -0.486 e. The lowest BCUT2D eigenvalue weighted by Gasteiger charge is -2.15. The number of ether oxygens (including phenoxy) is 1. The Balaban J connectivity index is 2.08. The van der Waals surface area contributed by atoms with Crippen LogP contribution in [0.15, 0.2) is 48.5 Å². The molecule has 0 N–H and O–H groups in total. The highest BCUT2D eigenvalue weighted by Gasteiger charge is 2.06. The molecule has 0 spiro atoms. The van der Waals surface area contributed by atoms with E-state index in [1.807, 2.05) is 31.2 Å². The molecule has 0 saturated heterocycles. The van der Waals surface area contributed by atoms with Crippen molar-refractivity contribution in [2.45, 2.75) is 13.0 Å². The SMILES string of the molecule is CC(Oc1ccc(C#N)cc1)c1ccc(Cl)cc1. The molecule has 2 nitrogen and oxygen atoms in total. The number of nitrogens with zero attached hydrogens (tertiary/aromatic N) is 1. The van der Waals surface area contributed by atoms with E-state index in [4.69, 9.17) is 21.6 Å². The van der Waals surface area contributed by atoms with Gasteiger partial charge in [0.1, 0.15) is 11.9 Å². The highest BCUT2D eigenvalue weighted by atomic mass is 35.5. The molecule has 18 heavy (non-hydrogen) atoms. The van der Waals surface area contributed by atoms with Gasteiger partial charge in [-0.15, -0.1) is 0 Å². The fourth-order valence-electron chi connectivity index (χ4n) is 1.61. The van der Waals surface area contributed by atoms with Gasteiger partial charge in [0.15, 0.2) is 0 Å². The number of hydrogen-bond acceptors (Lipinski definition) is 2. The van der Waals surface area contributed by atoms with Crippen LogP contribution < -0.4 is 4.74 Å². The topological polar surface area (TPSA) is 33.0 Å². The molecule has 3 heteroatoms. The van der Waals surface area contributed by atoms with Crippen LogP contribution in [0.25, 0.3) is 0 Å². The van der Waals surface area contributed by atoms with E-state index in [1.165, 1.54) is 0 Å². The summed E-state index contributed by atoms with van der Waals surface area (Å²) >= 11 is 5.84. The van der Waals surface area contributed by atoms with Gasteiger partial charge >= 0.3 is 0 Å². The fraction of sp³-hybridized carbons (Fsp3) is 0.133. The third-order valence-electron chi connectivity index (χ3n) is 2.64. The Hall–Kier alpha value is -1.98. The van der Waals surface area contributed by atoms with E-state index < -0.39 is 0 Å². The smallest absolute Gasteiger partial charge is 0.121 e. The Kier molecular flexibility index (Phi) is 3.86. The molecule has 0 fully saturated rings. The second kappa shape index (κ2) is 5.57. The van der Waals surface area contributed by atoms with E-state index in [0.29, 0.717) is 10.6 Å². The Morgan fingerprint density at radius 1 is 1.06 bits per heavy atom. The summed E-state index contributed by atoms with van der Waals surface area (Å²) in [6.45, 7) is 1.97. The third-order valence-corrected chi connectivity index (χ3v) is 2.89. The van der Waals surface area contributed by atoms with Gasteiger partial charge in [0.05, 0.1) is 11.6 Å². The molecule has 0 aliphatic rings. The molecular weight excluding hydrogens is 246 g/mol. The van der Waals surface area contributed by atoms with E-state index in [0.717, 1.165) is 11.3 Å². The minimum atomic E-state index is -0.0600. The normalized spacial score (nSPS) is 11.6. The Morgan fingerprint density at radius 3 is 2.22 bits per heavy atom. The number of benzene rings is 2. The maximum atomic E-state index is 8.71. The van der Waals surface area contributed by atoms with Gasteiger partial charge in [-0.05, 0) is 48.9 Å². The van der Waals surface area contributed by atoms with Crippen LogP contribution in [0.2, 0.25) is 5.02 Å². The van der Waals surface area contributed by atoms with Crippen LogP contribution in [0, 0.1) is 11.3 Å². The van der Waals surface area contributed by atoms with Crippen LogP contribution in [0.3, 0.4) is 0 Å². The highest BCUT2D eigenvalue weighted by Crippen LogP contribution is 2.23. The number of halogens is 1. The van der Waals surface area contributed by atoms with Gasteiger partial charge in [0.2, 0.25) is 0 Å². The van der Waals surface area contributed by atoms with E-state index >= 15 is 0 Å². The van der Waals surface area contributed by atoms with Gasteiger partial charge < -0.3 is 4.74 Å². The van der Waals surface area contributed by atoms with Crippen molar-refractivity contribution in [1.29, 1.82) is 5.26 Å². The van der Waals surface area contributed by atoms with Gasteiger partial charge in [0, 0.05) is 5.02 Å². The molecule has 90 valence electrons. The fourth-order valence-corrected chi connectivity index (χ4v) is 1.74. The Bertz CT molecular complexity index is 555. The van der Waals surface area contributed by atoms with Gasteiger partial charge in [0.25, 0.3) is 0 Å². The van der Waals surface area contributed by atoms with Crippen molar-refractivity contribution in [1.82, 2.24) is 0 Å². The first kappa shape index (κ1) is 12.5. The van der Waals surface area contributed by atoms with Crippen LogP contribution in [-0.4, -0.2) is 0 Å². The summed E-state index contributed by atoms with van der Waals surface area (Å²) in [5.41, 5.74) is 1.69. The zero-order chi connectivity index (χ0) is 13.0. The maximum Gasteiger partial charge on any atom is 0.121 e. The van der Waals surface area contributed by atoms with Gasteiger partial charge in [-0.3, -0.25) is 0 Å². The average molecular weight is 258 g/mol. The molecule has 1 atom stereocenters. The molecule has 0 heterocycles. The lowest BCUT2D eigenvalue weighted by atomic mass is 10.1. The minimum absolute atomic E-state index is 0.0600. The first-order chi connectivity index (χ1) is 8.69. The van der Waals surface area contributed by atoms with E-state index in [1.54, 1.807) is 24.3 Å². The maximum absolute atomic E-state index is 8.71. The summed E-state index contributed by atoms with van der Waals surface area (Å²) in [7, 11) is 0. The predicted molar refractivity (Wildman–Crippen MR) is 71.7 cm³/mol. The summed E-state index contributed by atoms with van der Waals surface area (Å²) < 4.78 is 5.79. The molecule has 2 aromatic carbocycles. The van der Waals surface area contributed by atoms with Crippen molar-refractivity contribution in [3.05, 3.63) is 64.7 Å². The molecule has 2 aromatic rings. The van der Waals surface area contributed by atoms with Crippen LogP contribution >= 0.6 is 11.6 Å². The van der Waals surface area contributed by atoms with Crippen LogP contribution in [0.4, 0.5) is 0 Å². The van der Waals surface area contributed by atoms with Crippen molar-refractivity contribution >= 4 is 11.6 Å². The lowest BCUT2D eigenvalue weighted by Crippen LogP contribution is -2.02. The second-order valence-corrected chi connectivity index (χ2v) is 4.38. The molecule has 0 radical (unpaired) electrons. The highest BCUT2D eigenvalue weighted by molar-refractivity contribution is 6.30. The van der Waals surface area contributed by atoms with Crippen LogP contribution in [-0.2, 0) is 0 Å². The zero-order valence-electron chi connectivity index (χ0n) is 9.93. The van der Waals surface area contributed by atoms with Crippen molar-refractivity contribution in [3.8, 4) is 11.8 Å². The molecule has 0 bridgehead atoms. The monoisotopic (exact) mass is 257 g/mol. The quantitative estimate of drug-likeness (QED) is 0.819. The second-order valence-electron chi connectivity index (χ2n) is 3.95. The van der Waals surface area contributed by atoms with E-state index in [2.05, 4.69) is 6.07 Å². The molecule has 0 amide bonds. The molecule has 2 rings (SSSR count). The van der Waals surface area contributed by atoms with Crippen LogP contribution in [0.1, 0.15) is 24.2 Å². The summed E-state index contributed by atoms with van der Waals surface area (Å²) in [5, 5.41) is 9.42. The number of hydrogen-bond donors (Lipinski definition) is 0.